The largest absolute Gasteiger partial charge is 0.476 e. The second-order valence-corrected chi connectivity index (χ2v) is 8.75. The molecule has 0 saturated carbocycles. The van der Waals surface area contributed by atoms with Crippen LogP contribution in [0.15, 0.2) is 29.4 Å². The van der Waals surface area contributed by atoms with Crippen molar-refractivity contribution in [2.24, 2.45) is 5.92 Å². The van der Waals surface area contributed by atoms with E-state index in [9.17, 15) is 8.42 Å². The van der Waals surface area contributed by atoms with E-state index in [2.05, 4.69) is 9.97 Å². The number of halogens is 2. The number of hydrogen-bond donors (Lipinski definition) is 0. The normalized spacial score (nSPS) is 15.8. The molecule has 25 heavy (non-hydrogen) atoms. The maximum Gasteiger partial charge on any atom is 0.243 e. The van der Waals surface area contributed by atoms with Gasteiger partial charge in [0.25, 0.3) is 0 Å². The van der Waals surface area contributed by atoms with Crippen molar-refractivity contribution in [3.63, 3.8) is 0 Å². The molecule has 0 atom stereocenters. The van der Waals surface area contributed by atoms with Gasteiger partial charge in [0, 0.05) is 24.0 Å². The van der Waals surface area contributed by atoms with Crippen LogP contribution < -0.4 is 4.74 Å². The van der Waals surface area contributed by atoms with Crippen molar-refractivity contribution in [1.82, 2.24) is 14.3 Å². The highest BCUT2D eigenvalue weighted by molar-refractivity contribution is 7.89. The van der Waals surface area contributed by atoms with Gasteiger partial charge in [-0.05, 0) is 37.1 Å². The summed E-state index contributed by atoms with van der Waals surface area (Å²) in [7, 11) is -3.52. The van der Waals surface area contributed by atoms with Crippen molar-refractivity contribution in [3.05, 3.63) is 45.8 Å². The van der Waals surface area contributed by atoms with Crippen molar-refractivity contribution >= 4 is 33.2 Å². The van der Waals surface area contributed by atoms with Gasteiger partial charge in [-0.1, -0.05) is 23.2 Å². The van der Waals surface area contributed by atoms with Gasteiger partial charge in [-0.3, -0.25) is 4.98 Å². The number of aromatic nitrogens is 2. The average Bonchev–Trinajstić information content (AvgIpc) is 2.49. The molecule has 0 spiro atoms. The Morgan fingerprint density at radius 1 is 1.20 bits per heavy atom. The first kappa shape index (κ1) is 18.4. The zero-order valence-electron chi connectivity index (χ0n) is 13.7. The van der Waals surface area contributed by atoms with Gasteiger partial charge in [-0.15, -0.1) is 0 Å². The number of rotatable bonds is 5. The first-order valence-electron chi connectivity index (χ1n) is 7.64. The van der Waals surface area contributed by atoms with Gasteiger partial charge in [0.15, 0.2) is 5.15 Å². The second-order valence-electron chi connectivity index (χ2n) is 6.05. The maximum atomic E-state index is 12.8. The molecule has 0 unspecified atom stereocenters. The van der Waals surface area contributed by atoms with E-state index in [-0.39, 0.29) is 11.1 Å². The Balaban J connectivity index is 1.63. The smallest absolute Gasteiger partial charge is 0.243 e. The number of sulfonamides is 1. The molecular weight excluding hydrogens is 385 g/mol. The Morgan fingerprint density at radius 2 is 1.92 bits per heavy atom. The minimum absolute atomic E-state index is 0.101. The summed E-state index contributed by atoms with van der Waals surface area (Å²) >= 11 is 11.8. The summed E-state index contributed by atoms with van der Waals surface area (Å²) < 4.78 is 32.5. The lowest BCUT2D eigenvalue weighted by atomic mass is 10.1. The van der Waals surface area contributed by atoms with Gasteiger partial charge in [-0.2, -0.15) is 9.29 Å². The summed E-state index contributed by atoms with van der Waals surface area (Å²) in [5.74, 6) is 0.433. The number of hydrogen-bond acceptors (Lipinski definition) is 5. The van der Waals surface area contributed by atoms with Crippen LogP contribution in [0.3, 0.4) is 0 Å². The third-order valence-electron chi connectivity index (χ3n) is 4.05. The molecule has 3 rings (SSSR count). The molecule has 9 heteroatoms. The summed E-state index contributed by atoms with van der Waals surface area (Å²) in [6.45, 7) is 4.70. The minimum Gasteiger partial charge on any atom is -0.476 e. The average molecular weight is 402 g/mol. The predicted octanol–water partition coefficient (Wildman–Crippen LogP) is 3.10. The highest BCUT2D eigenvalue weighted by Crippen LogP contribution is 2.30. The molecule has 1 saturated heterocycles. The molecule has 1 aromatic heterocycles. The predicted molar refractivity (Wildman–Crippen MR) is 95.7 cm³/mol. The molecule has 134 valence electrons. The lowest BCUT2D eigenvalue weighted by Gasteiger charge is -2.38. The van der Waals surface area contributed by atoms with E-state index in [4.69, 9.17) is 27.9 Å². The van der Waals surface area contributed by atoms with Crippen molar-refractivity contribution in [2.75, 3.05) is 19.7 Å². The third-order valence-corrected chi connectivity index (χ3v) is 6.61. The molecule has 2 aromatic rings. The quantitative estimate of drug-likeness (QED) is 0.769. The molecule has 0 radical (unpaired) electrons. The molecule has 0 amide bonds. The summed E-state index contributed by atoms with van der Waals surface area (Å²) in [5, 5.41) is 0.817. The zero-order chi connectivity index (χ0) is 18.2. The molecule has 0 N–H and O–H groups in total. The van der Waals surface area contributed by atoms with E-state index in [1.165, 1.54) is 16.7 Å². The molecule has 1 aliphatic heterocycles. The van der Waals surface area contributed by atoms with E-state index < -0.39 is 10.0 Å². The van der Waals surface area contributed by atoms with E-state index >= 15 is 0 Å². The van der Waals surface area contributed by atoms with Crippen LogP contribution in [0.4, 0.5) is 0 Å². The maximum absolute atomic E-state index is 12.8. The topological polar surface area (TPSA) is 72.4 Å². The van der Waals surface area contributed by atoms with Crippen molar-refractivity contribution in [3.8, 4) is 5.88 Å². The Hall–Kier alpha value is -1.41. The zero-order valence-corrected chi connectivity index (χ0v) is 16.1. The number of ether oxygens (including phenoxy) is 1. The lowest BCUT2D eigenvalue weighted by Crippen LogP contribution is -2.52. The highest BCUT2D eigenvalue weighted by atomic mass is 35.5. The minimum atomic E-state index is -3.52. The van der Waals surface area contributed by atoms with Crippen LogP contribution in [0, 0.1) is 19.8 Å². The van der Waals surface area contributed by atoms with E-state index in [0.29, 0.717) is 41.1 Å². The molecule has 1 aromatic carbocycles. The Bertz CT molecular complexity index is 899. The van der Waals surface area contributed by atoms with E-state index in [0.717, 1.165) is 5.56 Å². The van der Waals surface area contributed by atoms with Crippen LogP contribution in [0.2, 0.25) is 10.2 Å². The van der Waals surface area contributed by atoms with Crippen LogP contribution in [0.5, 0.6) is 5.88 Å². The summed E-state index contributed by atoms with van der Waals surface area (Å²) in [6.07, 6.45) is 2.89. The molecular formula is C16H17Cl2N3O3S. The molecule has 6 nitrogen and oxygen atoms in total. The summed E-state index contributed by atoms with van der Waals surface area (Å²) in [6, 6.07) is 3.31. The standard InChI is InChI=1S/C16H17Cl2N3O3S/c1-10-4-14(11(2)3-13(10)17)25(22,23)21-7-12(8-21)9-24-16-6-19-5-15(18)20-16/h3-6,12H,7-9H2,1-2H3. The van der Waals surface area contributed by atoms with Crippen LogP contribution in [0.1, 0.15) is 11.1 Å². The highest BCUT2D eigenvalue weighted by Gasteiger charge is 2.38. The van der Waals surface area contributed by atoms with Crippen molar-refractivity contribution in [1.29, 1.82) is 0 Å². The molecule has 2 heterocycles. The van der Waals surface area contributed by atoms with Gasteiger partial charge in [0.1, 0.15) is 0 Å². The first-order chi connectivity index (χ1) is 11.8. The molecule has 1 fully saturated rings. The van der Waals surface area contributed by atoms with Crippen LogP contribution in [0.25, 0.3) is 0 Å². The number of benzene rings is 1. The molecule has 0 aliphatic carbocycles. The van der Waals surface area contributed by atoms with Gasteiger partial charge >= 0.3 is 0 Å². The SMILES string of the molecule is Cc1cc(S(=O)(=O)N2CC(COc3cncc(Cl)n3)C2)c(C)cc1Cl. The van der Waals surface area contributed by atoms with E-state index in [1.807, 2.05) is 0 Å². The van der Waals surface area contributed by atoms with Crippen molar-refractivity contribution < 1.29 is 13.2 Å². The second kappa shape index (κ2) is 7.07. The molecule has 0 bridgehead atoms. The van der Waals surface area contributed by atoms with Crippen molar-refractivity contribution in [2.45, 2.75) is 18.7 Å². The summed E-state index contributed by atoms with van der Waals surface area (Å²) in [5.41, 5.74) is 1.38. The van der Waals surface area contributed by atoms with Gasteiger partial charge in [-0.25, -0.2) is 8.42 Å². The monoisotopic (exact) mass is 401 g/mol. The number of aryl methyl sites for hydroxylation is 2. The van der Waals surface area contributed by atoms with E-state index in [1.54, 1.807) is 26.0 Å². The first-order valence-corrected chi connectivity index (χ1v) is 9.84. The van der Waals surface area contributed by atoms with Crippen LogP contribution in [-0.4, -0.2) is 42.4 Å². The van der Waals surface area contributed by atoms with Gasteiger partial charge in [0.2, 0.25) is 15.9 Å². The third kappa shape index (κ3) is 3.89. The Kier molecular flexibility index (Phi) is 5.20. The van der Waals surface area contributed by atoms with Crippen LogP contribution >= 0.6 is 23.2 Å². The fourth-order valence-electron chi connectivity index (χ4n) is 2.59. The fourth-order valence-corrected chi connectivity index (χ4v) is 4.84. The Morgan fingerprint density at radius 3 is 2.60 bits per heavy atom. The Labute approximate surface area is 156 Å². The summed E-state index contributed by atoms with van der Waals surface area (Å²) in [4.78, 5) is 8.17. The fraction of sp³-hybridized carbons (Fsp3) is 0.375. The van der Waals surface area contributed by atoms with Gasteiger partial charge in [0.05, 0.1) is 23.9 Å². The lowest BCUT2D eigenvalue weighted by molar-refractivity contribution is 0.126. The van der Waals surface area contributed by atoms with Crippen LogP contribution in [-0.2, 0) is 10.0 Å². The van der Waals surface area contributed by atoms with Gasteiger partial charge < -0.3 is 4.74 Å². The molecule has 1 aliphatic rings. The number of nitrogens with zero attached hydrogens (tertiary/aromatic N) is 3.